The Labute approximate surface area is 75.1 Å². The summed E-state index contributed by atoms with van der Waals surface area (Å²) in [5.41, 5.74) is 0. The van der Waals surface area contributed by atoms with Crippen molar-refractivity contribution in [2.45, 2.75) is 18.0 Å². The molecule has 0 radical (unpaired) electrons. The van der Waals surface area contributed by atoms with Crippen molar-refractivity contribution >= 4 is 15.9 Å². The van der Waals surface area contributed by atoms with Crippen molar-refractivity contribution in [1.82, 2.24) is 0 Å². The molecule has 1 unspecified atom stereocenters. The number of alkyl halides is 1. The molecule has 0 N–H and O–H groups in total. The van der Waals surface area contributed by atoms with Crippen LogP contribution in [-0.2, 0) is 14.2 Å². The van der Waals surface area contributed by atoms with E-state index in [-0.39, 0.29) is 11.1 Å². The number of rotatable bonds is 2. The summed E-state index contributed by atoms with van der Waals surface area (Å²) >= 11 is 3.43. The molecule has 1 aliphatic heterocycles. The van der Waals surface area contributed by atoms with Gasteiger partial charge in [0, 0.05) is 6.61 Å². The SMILES string of the molecule is CCOC1OCCOC[C@H]1Br. The summed E-state index contributed by atoms with van der Waals surface area (Å²) in [4.78, 5) is 0.157. The molecule has 0 aromatic rings. The van der Waals surface area contributed by atoms with Gasteiger partial charge in [-0.1, -0.05) is 15.9 Å². The molecule has 0 spiro atoms. The van der Waals surface area contributed by atoms with E-state index in [1.807, 2.05) is 6.92 Å². The van der Waals surface area contributed by atoms with Gasteiger partial charge in [-0.15, -0.1) is 0 Å². The van der Waals surface area contributed by atoms with E-state index in [1.165, 1.54) is 0 Å². The fourth-order valence-electron chi connectivity index (χ4n) is 0.919. The van der Waals surface area contributed by atoms with Crippen LogP contribution in [0.25, 0.3) is 0 Å². The summed E-state index contributed by atoms with van der Waals surface area (Å²) in [6.07, 6.45) is -0.150. The van der Waals surface area contributed by atoms with Crippen LogP contribution in [0, 0.1) is 0 Å². The van der Waals surface area contributed by atoms with Gasteiger partial charge in [0.15, 0.2) is 6.29 Å². The number of ether oxygens (including phenoxy) is 3. The van der Waals surface area contributed by atoms with Crippen molar-refractivity contribution in [2.75, 3.05) is 26.4 Å². The molecule has 0 aromatic carbocycles. The molecule has 1 rings (SSSR count). The van der Waals surface area contributed by atoms with Gasteiger partial charge in [0.2, 0.25) is 0 Å². The molecule has 1 aliphatic rings. The lowest BCUT2D eigenvalue weighted by Crippen LogP contribution is -2.28. The van der Waals surface area contributed by atoms with Crippen LogP contribution in [0.15, 0.2) is 0 Å². The molecule has 0 aliphatic carbocycles. The highest BCUT2D eigenvalue weighted by atomic mass is 79.9. The number of hydrogen-bond donors (Lipinski definition) is 0. The van der Waals surface area contributed by atoms with Crippen molar-refractivity contribution in [3.63, 3.8) is 0 Å². The minimum absolute atomic E-state index is 0.150. The maximum atomic E-state index is 5.36. The largest absolute Gasteiger partial charge is 0.378 e. The molecule has 66 valence electrons. The molecule has 2 atom stereocenters. The summed E-state index contributed by atoms with van der Waals surface area (Å²) in [5.74, 6) is 0. The maximum absolute atomic E-state index is 5.36. The first kappa shape index (κ1) is 9.45. The average Bonchev–Trinajstić information content (AvgIpc) is 2.18. The quantitative estimate of drug-likeness (QED) is 0.660. The summed E-state index contributed by atoms with van der Waals surface area (Å²) in [6.45, 7) is 4.56. The summed E-state index contributed by atoms with van der Waals surface area (Å²) in [5, 5.41) is 0. The van der Waals surface area contributed by atoms with Gasteiger partial charge in [0.25, 0.3) is 0 Å². The summed E-state index contributed by atoms with van der Waals surface area (Å²) in [6, 6.07) is 0. The average molecular weight is 225 g/mol. The molecule has 0 saturated carbocycles. The van der Waals surface area contributed by atoms with Crippen molar-refractivity contribution < 1.29 is 14.2 Å². The molecule has 0 aromatic heterocycles. The van der Waals surface area contributed by atoms with E-state index in [9.17, 15) is 0 Å². The van der Waals surface area contributed by atoms with Crippen molar-refractivity contribution in [2.24, 2.45) is 0 Å². The highest BCUT2D eigenvalue weighted by Gasteiger charge is 2.22. The molecule has 4 heteroatoms. The Balaban J connectivity index is 2.32. The molecular formula is C7H13BrO3. The monoisotopic (exact) mass is 224 g/mol. The Morgan fingerprint density at radius 2 is 2.36 bits per heavy atom. The standard InChI is InChI=1S/C7H13BrO3/c1-2-10-7-6(8)5-9-3-4-11-7/h6-7H,2-5H2,1H3/t6-,7?/m1/s1. The fourth-order valence-corrected chi connectivity index (χ4v) is 1.41. The Bertz CT molecular complexity index is 110. The van der Waals surface area contributed by atoms with Crippen LogP contribution in [0.3, 0.4) is 0 Å². The topological polar surface area (TPSA) is 27.7 Å². The first-order chi connectivity index (χ1) is 5.34. The Morgan fingerprint density at radius 1 is 1.55 bits per heavy atom. The van der Waals surface area contributed by atoms with Crippen LogP contribution in [0.2, 0.25) is 0 Å². The summed E-state index contributed by atoms with van der Waals surface area (Å²) < 4.78 is 15.9. The highest BCUT2D eigenvalue weighted by molar-refractivity contribution is 9.09. The molecular weight excluding hydrogens is 212 g/mol. The number of hydrogen-bond acceptors (Lipinski definition) is 3. The first-order valence-electron chi connectivity index (χ1n) is 3.79. The van der Waals surface area contributed by atoms with Gasteiger partial charge in [-0.3, -0.25) is 0 Å². The van der Waals surface area contributed by atoms with Crippen LogP contribution in [0.1, 0.15) is 6.92 Å². The molecule has 11 heavy (non-hydrogen) atoms. The Kier molecular flexibility index (Phi) is 4.37. The lowest BCUT2D eigenvalue weighted by molar-refractivity contribution is -0.129. The van der Waals surface area contributed by atoms with E-state index in [0.29, 0.717) is 26.4 Å². The normalized spacial score (nSPS) is 33.3. The van der Waals surface area contributed by atoms with Gasteiger partial charge in [-0.2, -0.15) is 0 Å². The van der Waals surface area contributed by atoms with E-state index in [0.717, 1.165) is 0 Å². The van der Waals surface area contributed by atoms with E-state index in [2.05, 4.69) is 15.9 Å². The predicted octanol–water partition coefficient (Wildman–Crippen LogP) is 1.16. The zero-order valence-electron chi connectivity index (χ0n) is 6.59. The zero-order chi connectivity index (χ0) is 8.10. The summed E-state index contributed by atoms with van der Waals surface area (Å²) in [7, 11) is 0. The van der Waals surface area contributed by atoms with Gasteiger partial charge in [0.1, 0.15) is 0 Å². The third-order valence-electron chi connectivity index (χ3n) is 1.41. The van der Waals surface area contributed by atoms with E-state index in [4.69, 9.17) is 14.2 Å². The first-order valence-corrected chi connectivity index (χ1v) is 4.71. The molecule has 1 heterocycles. The van der Waals surface area contributed by atoms with Crippen LogP contribution >= 0.6 is 15.9 Å². The van der Waals surface area contributed by atoms with Gasteiger partial charge < -0.3 is 14.2 Å². The van der Waals surface area contributed by atoms with Gasteiger partial charge in [-0.05, 0) is 6.92 Å². The van der Waals surface area contributed by atoms with Crippen LogP contribution < -0.4 is 0 Å². The van der Waals surface area contributed by atoms with Crippen LogP contribution in [0.5, 0.6) is 0 Å². The van der Waals surface area contributed by atoms with Gasteiger partial charge in [0.05, 0.1) is 24.6 Å². The van der Waals surface area contributed by atoms with E-state index >= 15 is 0 Å². The molecule has 1 saturated heterocycles. The second-order valence-electron chi connectivity index (χ2n) is 2.29. The van der Waals surface area contributed by atoms with Crippen molar-refractivity contribution in [3.8, 4) is 0 Å². The zero-order valence-corrected chi connectivity index (χ0v) is 8.17. The molecule has 1 fully saturated rings. The highest BCUT2D eigenvalue weighted by Crippen LogP contribution is 2.14. The van der Waals surface area contributed by atoms with Crippen LogP contribution in [-0.4, -0.2) is 37.5 Å². The molecule has 0 bridgehead atoms. The van der Waals surface area contributed by atoms with Crippen molar-refractivity contribution in [3.05, 3.63) is 0 Å². The second-order valence-corrected chi connectivity index (χ2v) is 3.46. The van der Waals surface area contributed by atoms with Crippen molar-refractivity contribution in [1.29, 1.82) is 0 Å². The molecule has 3 nitrogen and oxygen atoms in total. The minimum Gasteiger partial charge on any atom is -0.378 e. The molecule has 0 amide bonds. The Morgan fingerprint density at radius 3 is 3.09 bits per heavy atom. The van der Waals surface area contributed by atoms with E-state index in [1.54, 1.807) is 0 Å². The van der Waals surface area contributed by atoms with Gasteiger partial charge >= 0.3 is 0 Å². The lowest BCUT2D eigenvalue weighted by atomic mass is 10.4. The lowest BCUT2D eigenvalue weighted by Gasteiger charge is -2.18. The minimum atomic E-state index is -0.150. The van der Waals surface area contributed by atoms with Gasteiger partial charge in [-0.25, -0.2) is 0 Å². The van der Waals surface area contributed by atoms with Crippen LogP contribution in [0.4, 0.5) is 0 Å². The van der Waals surface area contributed by atoms with E-state index < -0.39 is 0 Å². The smallest absolute Gasteiger partial charge is 0.172 e. The third-order valence-corrected chi connectivity index (χ3v) is 2.11. The second kappa shape index (κ2) is 5.09. The Hall–Kier alpha value is 0.360. The predicted molar refractivity (Wildman–Crippen MR) is 44.9 cm³/mol. The maximum Gasteiger partial charge on any atom is 0.172 e. The third kappa shape index (κ3) is 3.07. The number of halogens is 1. The fraction of sp³-hybridized carbons (Fsp3) is 1.00.